The Labute approximate surface area is 125 Å². The van der Waals surface area contributed by atoms with Crippen molar-refractivity contribution in [3.8, 4) is 0 Å². The van der Waals surface area contributed by atoms with Gasteiger partial charge in [-0.25, -0.2) is 0 Å². The predicted molar refractivity (Wildman–Crippen MR) is 79.1 cm³/mol. The van der Waals surface area contributed by atoms with Crippen LogP contribution in [0.1, 0.15) is 22.6 Å². The van der Waals surface area contributed by atoms with Gasteiger partial charge in [0, 0.05) is 23.9 Å². The second-order valence-electron chi connectivity index (χ2n) is 5.63. The van der Waals surface area contributed by atoms with Crippen molar-refractivity contribution in [1.82, 2.24) is 25.3 Å². The summed E-state index contributed by atoms with van der Waals surface area (Å²) in [6, 6.07) is 9.58. The van der Waals surface area contributed by atoms with Gasteiger partial charge in [0.05, 0.1) is 12.7 Å². The molecule has 7 heteroatoms. The second kappa shape index (κ2) is 4.67. The van der Waals surface area contributed by atoms with Crippen molar-refractivity contribution in [2.24, 2.45) is 0 Å². The number of hydrogen-bond donors (Lipinski definition) is 3. The molecule has 1 unspecified atom stereocenters. The molecular formula is C15H15N5O2. The summed E-state index contributed by atoms with van der Waals surface area (Å²) < 4.78 is 0. The van der Waals surface area contributed by atoms with Crippen LogP contribution >= 0.6 is 0 Å². The lowest BCUT2D eigenvalue weighted by atomic mass is 10.00. The molecule has 3 N–H and O–H groups in total. The Balaban J connectivity index is 1.59. The topological polar surface area (TPSA) is 97.9 Å². The number of aromatic nitrogens is 4. The van der Waals surface area contributed by atoms with Crippen molar-refractivity contribution >= 4 is 16.8 Å². The first-order valence-electron chi connectivity index (χ1n) is 7.11. The zero-order valence-electron chi connectivity index (χ0n) is 11.8. The highest BCUT2D eigenvalue weighted by Crippen LogP contribution is 2.31. The largest absolute Gasteiger partial charge is 0.381 e. The van der Waals surface area contributed by atoms with Crippen molar-refractivity contribution in [3.63, 3.8) is 0 Å². The first kappa shape index (κ1) is 13.0. The molecule has 1 fully saturated rings. The first-order valence-corrected chi connectivity index (χ1v) is 7.11. The van der Waals surface area contributed by atoms with Gasteiger partial charge in [-0.3, -0.25) is 4.79 Å². The van der Waals surface area contributed by atoms with Gasteiger partial charge in [-0.05, 0) is 12.1 Å². The van der Waals surface area contributed by atoms with Crippen LogP contribution in [0.2, 0.25) is 0 Å². The van der Waals surface area contributed by atoms with Gasteiger partial charge in [0.15, 0.2) is 0 Å². The molecule has 3 heterocycles. The first-order chi connectivity index (χ1) is 10.7. The van der Waals surface area contributed by atoms with Gasteiger partial charge in [0.1, 0.15) is 17.0 Å². The van der Waals surface area contributed by atoms with Crippen molar-refractivity contribution in [2.75, 3.05) is 13.1 Å². The fourth-order valence-corrected chi connectivity index (χ4v) is 2.96. The van der Waals surface area contributed by atoms with Crippen molar-refractivity contribution in [1.29, 1.82) is 0 Å². The molecule has 1 aliphatic rings. The highest BCUT2D eigenvalue weighted by Gasteiger charge is 2.42. The van der Waals surface area contributed by atoms with E-state index in [1.807, 2.05) is 30.3 Å². The van der Waals surface area contributed by atoms with Gasteiger partial charge in [-0.2, -0.15) is 15.4 Å². The van der Waals surface area contributed by atoms with Crippen LogP contribution in [-0.4, -0.2) is 49.4 Å². The van der Waals surface area contributed by atoms with E-state index in [-0.39, 0.29) is 12.5 Å². The van der Waals surface area contributed by atoms with Crippen LogP contribution in [0.25, 0.3) is 10.9 Å². The molecule has 1 amide bonds. The van der Waals surface area contributed by atoms with E-state index >= 15 is 0 Å². The Morgan fingerprint density at radius 2 is 2.23 bits per heavy atom. The summed E-state index contributed by atoms with van der Waals surface area (Å²) in [4.78, 5) is 17.4. The van der Waals surface area contributed by atoms with Crippen LogP contribution in [0.4, 0.5) is 0 Å². The van der Waals surface area contributed by atoms with Crippen molar-refractivity contribution in [3.05, 3.63) is 47.9 Å². The number of para-hydroxylation sites is 1. The molecule has 22 heavy (non-hydrogen) atoms. The maximum Gasteiger partial charge on any atom is 0.270 e. The monoisotopic (exact) mass is 297 g/mol. The smallest absolute Gasteiger partial charge is 0.270 e. The second-order valence-corrected chi connectivity index (χ2v) is 5.63. The van der Waals surface area contributed by atoms with E-state index < -0.39 is 5.60 Å². The Bertz CT molecular complexity index is 792. The fraction of sp³-hybridized carbons (Fsp3) is 0.267. The lowest BCUT2D eigenvalue weighted by Crippen LogP contribution is -2.34. The molecule has 112 valence electrons. The summed E-state index contributed by atoms with van der Waals surface area (Å²) in [6.07, 6.45) is 1.95. The highest BCUT2D eigenvalue weighted by molar-refractivity contribution is 5.98. The molecule has 0 aliphatic carbocycles. The lowest BCUT2D eigenvalue weighted by molar-refractivity contribution is 0.0381. The Morgan fingerprint density at radius 3 is 3.00 bits per heavy atom. The van der Waals surface area contributed by atoms with Gasteiger partial charge in [0.25, 0.3) is 5.91 Å². The molecule has 1 aromatic carbocycles. The lowest BCUT2D eigenvalue weighted by Gasteiger charge is -2.20. The molecule has 0 bridgehead atoms. The maximum atomic E-state index is 12.6. The molecule has 7 nitrogen and oxygen atoms in total. The number of nitrogens with one attached hydrogen (secondary N) is 2. The van der Waals surface area contributed by atoms with E-state index in [1.165, 1.54) is 6.20 Å². The number of benzene rings is 1. The quantitative estimate of drug-likeness (QED) is 0.657. The minimum Gasteiger partial charge on any atom is -0.381 e. The average Bonchev–Trinajstić information content (AvgIpc) is 3.25. The number of aromatic amines is 2. The van der Waals surface area contributed by atoms with Gasteiger partial charge >= 0.3 is 0 Å². The van der Waals surface area contributed by atoms with E-state index in [1.54, 1.807) is 4.90 Å². The summed E-state index contributed by atoms with van der Waals surface area (Å²) in [5, 5.41) is 21.8. The van der Waals surface area contributed by atoms with Gasteiger partial charge < -0.3 is 15.0 Å². The molecule has 4 rings (SSSR count). The average molecular weight is 297 g/mol. The highest BCUT2D eigenvalue weighted by atomic mass is 16.3. The number of carbonyl (C=O) groups excluding carboxylic acids is 1. The zero-order valence-corrected chi connectivity index (χ0v) is 11.8. The Morgan fingerprint density at radius 1 is 1.36 bits per heavy atom. The predicted octanol–water partition coefficient (Wildman–Crippen LogP) is 1.02. The van der Waals surface area contributed by atoms with Crippen molar-refractivity contribution in [2.45, 2.75) is 12.0 Å². The number of aliphatic hydroxyl groups is 1. The summed E-state index contributed by atoms with van der Waals surface area (Å²) in [5.41, 5.74) is 0.802. The van der Waals surface area contributed by atoms with E-state index in [0.717, 1.165) is 10.9 Å². The SMILES string of the molecule is O=C(c1cc2ccccc2[nH]1)N1CCC(O)(c2cn[nH]n2)C1. The van der Waals surface area contributed by atoms with Crippen LogP contribution in [-0.2, 0) is 5.60 Å². The number of amides is 1. The summed E-state index contributed by atoms with van der Waals surface area (Å²) >= 11 is 0. The number of nitrogens with zero attached hydrogens (tertiary/aromatic N) is 3. The number of hydrogen-bond acceptors (Lipinski definition) is 4. The van der Waals surface area contributed by atoms with Crippen LogP contribution in [0.5, 0.6) is 0 Å². The molecule has 1 saturated heterocycles. The minimum absolute atomic E-state index is 0.115. The number of carbonyl (C=O) groups is 1. The van der Waals surface area contributed by atoms with Gasteiger partial charge in [-0.1, -0.05) is 18.2 Å². The van der Waals surface area contributed by atoms with E-state index in [2.05, 4.69) is 20.4 Å². The number of likely N-dealkylation sites (tertiary alicyclic amines) is 1. The molecule has 1 aliphatic heterocycles. The third-order valence-electron chi connectivity index (χ3n) is 4.19. The Hall–Kier alpha value is -2.67. The number of H-pyrrole nitrogens is 2. The molecule has 0 radical (unpaired) electrons. The molecule has 1 atom stereocenters. The molecular weight excluding hydrogens is 282 g/mol. The maximum absolute atomic E-state index is 12.6. The summed E-state index contributed by atoms with van der Waals surface area (Å²) in [7, 11) is 0. The van der Waals surface area contributed by atoms with Gasteiger partial charge in [0.2, 0.25) is 0 Å². The molecule has 0 spiro atoms. The van der Waals surface area contributed by atoms with Crippen LogP contribution in [0.3, 0.4) is 0 Å². The van der Waals surface area contributed by atoms with Crippen LogP contribution in [0.15, 0.2) is 36.5 Å². The fourth-order valence-electron chi connectivity index (χ4n) is 2.96. The molecule has 0 saturated carbocycles. The normalized spacial score (nSPS) is 21.6. The minimum atomic E-state index is -1.13. The number of rotatable bonds is 2. The summed E-state index contributed by atoms with van der Waals surface area (Å²) in [5.74, 6) is -0.115. The van der Waals surface area contributed by atoms with E-state index in [9.17, 15) is 9.90 Å². The molecule has 2 aromatic heterocycles. The van der Waals surface area contributed by atoms with Crippen LogP contribution in [0, 0.1) is 0 Å². The van der Waals surface area contributed by atoms with Crippen LogP contribution < -0.4 is 0 Å². The number of β-amino-alcohol motifs (C(OH)–C–C–N with tert-alkyl or cyclic N) is 1. The van der Waals surface area contributed by atoms with Gasteiger partial charge in [-0.15, -0.1) is 0 Å². The molecule has 3 aromatic rings. The van der Waals surface area contributed by atoms with E-state index in [0.29, 0.717) is 24.4 Å². The third kappa shape index (κ3) is 1.98. The van der Waals surface area contributed by atoms with Crippen molar-refractivity contribution < 1.29 is 9.90 Å². The standard InChI is InChI=1S/C15H15N5O2/c21-14(12-7-10-3-1-2-4-11(10)17-12)20-6-5-15(22,9-20)13-8-16-19-18-13/h1-4,7-8,17,22H,5-6,9H2,(H,16,18,19). The number of fused-ring (bicyclic) bond motifs is 1. The summed E-state index contributed by atoms with van der Waals surface area (Å²) in [6.45, 7) is 0.700. The zero-order chi connectivity index (χ0) is 15.2. The third-order valence-corrected chi connectivity index (χ3v) is 4.19. The Kier molecular flexibility index (Phi) is 2.77. The van der Waals surface area contributed by atoms with E-state index in [4.69, 9.17) is 0 Å².